The Bertz CT molecular complexity index is 624. The molecule has 2 rings (SSSR count). The third-order valence-electron chi connectivity index (χ3n) is 3.46. The van der Waals surface area contributed by atoms with Gasteiger partial charge in [0.15, 0.2) is 0 Å². The number of aromatic hydroxyl groups is 1. The van der Waals surface area contributed by atoms with E-state index in [-0.39, 0.29) is 5.75 Å². The number of nitrogens with one attached hydrogen (secondary N) is 1. The molecule has 0 bridgehead atoms. The second kappa shape index (κ2) is 8.17. The third kappa shape index (κ3) is 4.32. The van der Waals surface area contributed by atoms with E-state index >= 15 is 0 Å². The first-order valence-corrected chi connectivity index (χ1v) is 7.81. The Morgan fingerprint density at radius 3 is 2.50 bits per heavy atom. The quantitative estimate of drug-likeness (QED) is 0.517. The van der Waals surface area contributed by atoms with E-state index in [0.29, 0.717) is 5.69 Å². The van der Waals surface area contributed by atoms with Crippen LogP contribution in [0.25, 0.3) is 0 Å². The van der Waals surface area contributed by atoms with Gasteiger partial charge in [-0.2, -0.15) is 5.11 Å². The first-order chi connectivity index (χ1) is 10.7. The number of hydrogen-bond acceptors (Lipinski definition) is 4. The zero-order chi connectivity index (χ0) is 15.8. The van der Waals surface area contributed by atoms with Gasteiger partial charge in [-0.1, -0.05) is 38.5 Å². The number of rotatable bonds is 7. The van der Waals surface area contributed by atoms with Crippen LogP contribution < -0.4 is 5.32 Å². The molecule has 2 aromatic rings. The van der Waals surface area contributed by atoms with Crippen LogP contribution >= 0.6 is 0 Å². The number of aryl methyl sites for hydroxylation is 1. The van der Waals surface area contributed by atoms with E-state index in [1.54, 1.807) is 6.07 Å². The number of phenols is 1. The fourth-order valence-corrected chi connectivity index (χ4v) is 2.16. The number of unbranched alkanes of at least 4 members (excludes halogenated alkanes) is 1. The van der Waals surface area contributed by atoms with E-state index in [0.717, 1.165) is 42.7 Å². The van der Waals surface area contributed by atoms with Gasteiger partial charge >= 0.3 is 0 Å². The average Bonchev–Trinajstić information content (AvgIpc) is 2.55. The summed E-state index contributed by atoms with van der Waals surface area (Å²) in [7, 11) is 0. The molecule has 0 saturated carbocycles. The van der Waals surface area contributed by atoms with Crippen molar-refractivity contribution in [1.29, 1.82) is 0 Å². The molecule has 2 N–H and O–H groups in total. The molecule has 0 spiro atoms. The van der Waals surface area contributed by atoms with Gasteiger partial charge < -0.3 is 10.4 Å². The lowest BCUT2D eigenvalue weighted by atomic mass is 10.1. The minimum absolute atomic E-state index is 0.149. The molecule has 4 heteroatoms. The van der Waals surface area contributed by atoms with Crippen LogP contribution in [-0.2, 0) is 6.42 Å². The highest BCUT2D eigenvalue weighted by molar-refractivity contribution is 5.65. The normalized spacial score (nSPS) is 11.0. The van der Waals surface area contributed by atoms with Crippen molar-refractivity contribution in [3.05, 3.63) is 48.0 Å². The first kappa shape index (κ1) is 16.0. The molecule has 0 aliphatic carbocycles. The number of phenolic OH excluding ortho intramolecular Hbond substituents is 1. The SMILES string of the molecule is CCCCNc1cc(O)c(N=Nc2ccccc2)cc1CC. The maximum absolute atomic E-state index is 10.2. The van der Waals surface area contributed by atoms with Crippen LogP contribution in [-0.4, -0.2) is 11.7 Å². The molecule has 0 aliphatic rings. The molecule has 0 atom stereocenters. The average molecular weight is 297 g/mol. The van der Waals surface area contributed by atoms with E-state index in [1.807, 2.05) is 36.4 Å². The lowest BCUT2D eigenvalue weighted by Gasteiger charge is -2.12. The number of azo groups is 1. The molecule has 22 heavy (non-hydrogen) atoms. The fraction of sp³-hybridized carbons (Fsp3) is 0.333. The van der Waals surface area contributed by atoms with Crippen molar-refractivity contribution in [3.63, 3.8) is 0 Å². The fourth-order valence-electron chi connectivity index (χ4n) is 2.16. The molecule has 0 amide bonds. The van der Waals surface area contributed by atoms with Crippen LogP contribution in [0.4, 0.5) is 17.1 Å². The first-order valence-electron chi connectivity index (χ1n) is 7.81. The summed E-state index contributed by atoms with van der Waals surface area (Å²) in [6.45, 7) is 5.16. The Morgan fingerprint density at radius 2 is 1.82 bits per heavy atom. The van der Waals surface area contributed by atoms with Crippen LogP contribution in [0.15, 0.2) is 52.7 Å². The zero-order valence-corrected chi connectivity index (χ0v) is 13.2. The minimum atomic E-state index is 0.149. The van der Waals surface area contributed by atoms with Gasteiger partial charge in [0.2, 0.25) is 0 Å². The Balaban J connectivity index is 2.20. The standard InChI is InChI=1S/C18H23N3O/c1-3-5-11-19-16-13-18(22)17(12-14(16)4-2)21-20-15-9-7-6-8-10-15/h6-10,12-13,19,22H,3-5,11H2,1-2H3. The summed E-state index contributed by atoms with van der Waals surface area (Å²) in [6, 6.07) is 13.1. The summed E-state index contributed by atoms with van der Waals surface area (Å²) >= 11 is 0. The van der Waals surface area contributed by atoms with Gasteiger partial charge in [0.05, 0.1) is 5.69 Å². The van der Waals surface area contributed by atoms with Gasteiger partial charge in [-0.05, 0) is 36.6 Å². The highest BCUT2D eigenvalue weighted by atomic mass is 16.3. The Labute approximate surface area is 131 Å². The van der Waals surface area contributed by atoms with Crippen LogP contribution in [0.3, 0.4) is 0 Å². The number of benzene rings is 2. The summed E-state index contributed by atoms with van der Waals surface area (Å²) in [6.07, 6.45) is 3.13. The third-order valence-corrected chi connectivity index (χ3v) is 3.46. The zero-order valence-electron chi connectivity index (χ0n) is 13.2. The maximum atomic E-state index is 10.2. The Kier molecular flexibility index (Phi) is 5.95. The van der Waals surface area contributed by atoms with Crippen LogP contribution in [0, 0.1) is 0 Å². The van der Waals surface area contributed by atoms with Gasteiger partial charge in [0.1, 0.15) is 11.4 Å². The van der Waals surface area contributed by atoms with Crippen LogP contribution in [0.5, 0.6) is 5.75 Å². The van der Waals surface area contributed by atoms with E-state index in [2.05, 4.69) is 29.4 Å². The Hall–Kier alpha value is -2.36. The smallest absolute Gasteiger partial charge is 0.145 e. The largest absolute Gasteiger partial charge is 0.506 e. The number of anilines is 1. The second-order valence-electron chi connectivity index (χ2n) is 5.17. The van der Waals surface area contributed by atoms with Crippen molar-refractivity contribution in [3.8, 4) is 5.75 Å². The Morgan fingerprint density at radius 1 is 1.05 bits per heavy atom. The van der Waals surface area contributed by atoms with Crippen molar-refractivity contribution >= 4 is 17.1 Å². The van der Waals surface area contributed by atoms with Crippen molar-refractivity contribution < 1.29 is 5.11 Å². The van der Waals surface area contributed by atoms with Gasteiger partial charge in [-0.15, -0.1) is 5.11 Å². The molecule has 0 aliphatic heterocycles. The lowest BCUT2D eigenvalue weighted by Crippen LogP contribution is -2.03. The monoisotopic (exact) mass is 297 g/mol. The molecule has 0 aromatic heterocycles. The summed E-state index contributed by atoms with van der Waals surface area (Å²) < 4.78 is 0. The molecule has 4 nitrogen and oxygen atoms in total. The number of nitrogens with zero attached hydrogens (tertiary/aromatic N) is 2. The van der Waals surface area contributed by atoms with Crippen LogP contribution in [0.2, 0.25) is 0 Å². The molecular formula is C18H23N3O. The van der Waals surface area contributed by atoms with Crippen molar-refractivity contribution in [2.24, 2.45) is 10.2 Å². The van der Waals surface area contributed by atoms with Gasteiger partial charge in [0, 0.05) is 18.3 Å². The van der Waals surface area contributed by atoms with Crippen LogP contribution in [0.1, 0.15) is 32.3 Å². The molecular weight excluding hydrogens is 274 g/mol. The molecule has 0 heterocycles. The predicted octanol–water partition coefficient (Wildman–Crippen LogP) is 5.58. The summed E-state index contributed by atoms with van der Waals surface area (Å²) in [5.41, 5.74) is 3.38. The summed E-state index contributed by atoms with van der Waals surface area (Å²) in [5, 5.41) is 21.9. The summed E-state index contributed by atoms with van der Waals surface area (Å²) in [4.78, 5) is 0. The van der Waals surface area contributed by atoms with Crippen molar-refractivity contribution in [2.45, 2.75) is 33.1 Å². The van der Waals surface area contributed by atoms with Crippen molar-refractivity contribution in [1.82, 2.24) is 0 Å². The molecule has 0 unspecified atom stereocenters. The van der Waals surface area contributed by atoms with Gasteiger partial charge in [-0.25, -0.2) is 0 Å². The summed E-state index contributed by atoms with van der Waals surface area (Å²) in [5.74, 6) is 0.149. The topological polar surface area (TPSA) is 57.0 Å². The van der Waals surface area contributed by atoms with E-state index in [9.17, 15) is 5.11 Å². The lowest BCUT2D eigenvalue weighted by molar-refractivity contribution is 0.476. The number of hydrogen-bond donors (Lipinski definition) is 2. The molecule has 116 valence electrons. The maximum Gasteiger partial charge on any atom is 0.145 e. The second-order valence-corrected chi connectivity index (χ2v) is 5.17. The van der Waals surface area contributed by atoms with E-state index in [4.69, 9.17) is 0 Å². The van der Waals surface area contributed by atoms with E-state index < -0.39 is 0 Å². The highest BCUT2D eigenvalue weighted by Crippen LogP contribution is 2.34. The van der Waals surface area contributed by atoms with Crippen molar-refractivity contribution in [2.75, 3.05) is 11.9 Å². The predicted molar refractivity (Wildman–Crippen MR) is 91.5 cm³/mol. The van der Waals surface area contributed by atoms with Gasteiger partial charge in [0.25, 0.3) is 0 Å². The van der Waals surface area contributed by atoms with E-state index in [1.165, 1.54) is 0 Å². The minimum Gasteiger partial charge on any atom is -0.506 e. The van der Waals surface area contributed by atoms with Gasteiger partial charge in [-0.3, -0.25) is 0 Å². The molecule has 0 radical (unpaired) electrons. The molecule has 2 aromatic carbocycles. The highest BCUT2D eigenvalue weighted by Gasteiger charge is 2.08. The molecule has 0 fully saturated rings. The molecule has 0 saturated heterocycles.